The predicted octanol–water partition coefficient (Wildman–Crippen LogP) is 2.06. The van der Waals surface area contributed by atoms with E-state index in [1.54, 1.807) is 10.8 Å². The number of hydrogen-bond donors (Lipinski definition) is 1. The van der Waals surface area contributed by atoms with Gasteiger partial charge in [0.05, 0.1) is 0 Å². The molecule has 1 radical (unpaired) electrons. The third-order valence-corrected chi connectivity index (χ3v) is 2.42. The molecule has 1 heterocycles. The van der Waals surface area contributed by atoms with E-state index >= 15 is 0 Å². The summed E-state index contributed by atoms with van der Waals surface area (Å²) in [5.74, 6) is 0. The van der Waals surface area contributed by atoms with E-state index in [0.717, 1.165) is 6.54 Å². The number of nitrogens with zero attached hydrogens (tertiary/aromatic N) is 1. The summed E-state index contributed by atoms with van der Waals surface area (Å²) < 4.78 is 0. The maximum atomic E-state index is 4.24. The Morgan fingerprint density at radius 1 is 1.62 bits per heavy atom. The van der Waals surface area contributed by atoms with E-state index in [2.05, 4.69) is 17.0 Å². The Morgan fingerprint density at radius 2 is 2.38 bits per heavy atom. The van der Waals surface area contributed by atoms with Gasteiger partial charge < -0.3 is 5.32 Å². The molecule has 49 valence electrons. The third-order valence-electron chi connectivity index (χ3n) is 1.06. The van der Waals surface area contributed by atoms with E-state index < -0.39 is 0 Å². The molecule has 1 nitrogen and oxygen atoms in total. The van der Waals surface area contributed by atoms with Crippen molar-refractivity contribution in [2.75, 3.05) is 6.54 Å². The van der Waals surface area contributed by atoms with Crippen molar-refractivity contribution in [3.8, 4) is 0 Å². The van der Waals surface area contributed by atoms with Gasteiger partial charge in [-0.05, 0) is 0 Å². The van der Waals surface area contributed by atoms with E-state index in [9.17, 15) is 0 Å². The van der Waals surface area contributed by atoms with Crippen LogP contribution in [0.15, 0.2) is 0 Å². The number of hydrogen-bond acceptors (Lipinski definition) is 2. The fourth-order valence-electron chi connectivity index (χ4n) is 0.679. The van der Waals surface area contributed by atoms with Gasteiger partial charge in [0.25, 0.3) is 0 Å². The van der Waals surface area contributed by atoms with Crippen molar-refractivity contribution in [1.82, 2.24) is 0 Å². The fraction of sp³-hybridized carbons (Fsp3) is 1.00. The van der Waals surface area contributed by atoms with Gasteiger partial charge in [-0.25, -0.2) is 0 Å². The molecule has 8 heavy (non-hydrogen) atoms. The minimum Gasteiger partial charge on any atom is -0.650 e. The summed E-state index contributed by atoms with van der Waals surface area (Å²) in [5.41, 5.74) is 0. The van der Waals surface area contributed by atoms with Crippen molar-refractivity contribution in [3.63, 3.8) is 0 Å². The molecule has 0 aromatic heterocycles. The molecule has 1 saturated heterocycles. The first kappa shape index (κ1) is 9.32. The molecular weight excluding hydrogens is 312 g/mol. The minimum atomic E-state index is 0. The van der Waals surface area contributed by atoms with E-state index in [4.69, 9.17) is 0 Å². The van der Waals surface area contributed by atoms with Crippen LogP contribution in [-0.2, 0) is 20.4 Å². The van der Waals surface area contributed by atoms with Crippen LogP contribution < -0.4 is 0 Å². The van der Waals surface area contributed by atoms with Crippen molar-refractivity contribution < 1.29 is 20.4 Å². The van der Waals surface area contributed by atoms with Crippen LogP contribution in [0.3, 0.4) is 0 Å². The fourth-order valence-corrected chi connectivity index (χ4v) is 1.64. The summed E-state index contributed by atoms with van der Waals surface area (Å²) in [6.07, 6.45) is 2.49. The van der Waals surface area contributed by atoms with Gasteiger partial charge in [-0.1, -0.05) is 18.2 Å². The smallest absolute Gasteiger partial charge is 0 e. The number of rotatable bonds is 1. The largest absolute Gasteiger partial charge is 0.650 e. The van der Waals surface area contributed by atoms with Gasteiger partial charge >= 0.3 is 0 Å². The van der Waals surface area contributed by atoms with Crippen molar-refractivity contribution in [3.05, 3.63) is 5.32 Å². The predicted molar refractivity (Wildman–Crippen MR) is 37.8 cm³/mol. The maximum Gasteiger partial charge on any atom is 0 e. The normalized spacial score (nSPS) is 27.4. The van der Waals surface area contributed by atoms with Crippen LogP contribution in [0.4, 0.5) is 0 Å². The zero-order chi connectivity index (χ0) is 5.11. The van der Waals surface area contributed by atoms with E-state index in [1.165, 1.54) is 12.8 Å². The summed E-state index contributed by atoms with van der Waals surface area (Å²) in [6, 6.07) is 0. The van der Waals surface area contributed by atoms with Gasteiger partial charge in [-0.2, -0.15) is 0 Å². The standard InChI is InChI=1S/C4H8NS2.Re/c6-7-4-2-1-3-5-4;/h4,6H,1-3H2;/q-1;. The molecule has 1 rings (SSSR count). The molecule has 0 aliphatic carbocycles. The van der Waals surface area contributed by atoms with Crippen molar-refractivity contribution in [2.24, 2.45) is 0 Å². The average molecular weight is 320 g/mol. The Labute approximate surface area is 72.8 Å². The van der Waals surface area contributed by atoms with Crippen LogP contribution in [0, 0.1) is 0 Å². The van der Waals surface area contributed by atoms with Gasteiger partial charge in [0.2, 0.25) is 0 Å². The molecule has 0 aromatic carbocycles. The molecule has 1 aliphatic rings. The molecule has 1 atom stereocenters. The van der Waals surface area contributed by atoms with E-state index in [0.29, 0.717) is 5.37 Å². The second-order valence-electron chi connectivity index (χ2n) is 1.61. The zero-order valence-electron chi connectivity index (χ0n) is 4.38. The van der Waals surface area contributed by atoms with Crippen LogP contribution in [-0.4, -0.2) is 11.9 Å². The van der Waals surface area contributed by atoms with E-state index in [1.807, 2.05) is 0 Å². The molecule has 0 amide bonds. The molecule has 4 heteroatoms. The minimum absolute atomic E-state index is 0. The summed E-state index contributed by atoms with van der Waals surface area (Å²) in [7, 11) is 1.56. The monoisotopic (exact) mass is 321 g/mol. The van der Waals surface area contributed by atoms with E-state index in [-0.39, 0.29) is 20.4 Å². The molecule has 0 spiro atoms. The van der Waals surface area contributed by atoms with Gasteiger partial charge in [0, 0.05) is 20.4 Å². The van der Waals surface area contributed by atoms with Crippen molar-refractivity contribution in [1.29, 1.82) is 0 Å². The average Bonchev–Trinajstić information content (AvgIpc) is 2.14. The Hall–Kier alpha value is 1.32. The Balaban J connectivity index is 0.000000490. The van der Waals surface area contributed by atoms with Crippen molar-refractivity contribution >= 4 is 22.5 Å². The Kier molecular flexibility index (Phi) is 5.98. The number of thiol groups is 1. The summed E-state index contributed by atoms with van der Waals surface area (Å²) in [5, 5.41) is 4.74. The first-order valence-electron chi connectivity index (χ1n) is 2.40. The van der Waals surface area contributed by atoms with Crippen LogP contribution in [0.5, 0.6) is 0 Å². The topological polar surface area (TPSA) is 14.1 Å². The molecule has 1 unspecified atom stereocenters. The first-order chi connectivity index (χ1) is 3.43. The van der Waals surface area contributed by atoms with Gasteiger partial charge in [0.15, 0.2) is 0 Å². The van der Waals surface area contributed by atoms with Crippen LogP contribution in [0.2, 0.25) is 0 Å². The second-order valence-corrected chi connectivity index (χ2v) is 3.00. The van der Waals surface area contributed by atoms with Crippen LogP contribution in [0.25, 0.3) is 5.32 Å². The SMILES string of the molecule is SSC1CCC[N-]1.[Re]. The van der Waals surface area contributed by atoms with Crippen molar-refractivity contribution in [2.45, 2.75) is 18.2 Å². The van der Waals surface area contributed by atoms with Gasteiger partial charge in [-0.15, -0.1) is 29.0 Å². The van der Waals surface area contributed by atoms with Crippen LogP contribution in [0.1, 0.15) is 12.8 Å². The second kappa shape index (κ2) is 5.13. The zero-order valence-corrected chi connectivity index (χ0v) is 8.81. The molecule has 0 bridgehead atoms. The molecular formula is C4H8NReS2-. The Bertz CT molecular complexity index is 56.0. The Morgan fingerprint density at radius 3 is 2.62 bits per heavy atom. The molecule has 1 fully saturated rings. The van der Waals surface area contributed by atoms with Gasteiger partial charge in [-0.3, -0.25) is 0 Å². The maximum absolute atomic E-state index is 4.24. The quantitative estimate of drug-likeness (QED) is 0.577. The third kappa shape index (κ3) is 2.75. The van der Waals surface area contributed by atoms with Gasteiger partial charge in [0.1, 0.15) is 0 Å². The molecule has 1 aliphatic heterocycles. The molecule has 0 aromatic rings. The summed E-state index contributed by atoms with van der Waals surface area (Å²) in [6.45, 7) is 1.05. The summed E-state index contributed by atoms with van der Waals surface area (Å²) >= 11 is 4.04. The first-order valence-corrected chi connectivity index (χ1v) is 4.33. The molecule has 0 saturated carbocycles. The molecule has 0 N–H and O–H groups in total. The van der Waals surface area contributed by atoms with Crippen LogP contribution >= 0.6 is 22.5 Å². The summed E-state index contributed by atoms with van der Waals surface area (Å²) in [4.78, 5) is 0.